The van der Waals surface area contributed by atoms with Gasteiger partial charge in [0.05, 0.1) is 5.41 Å². The molecule has 2 aromatic rings. The lowest BCUT2D eigenvalue weighted by molar-refractivity contribution is -0.147. The molecule has 0 aliphatic heterocycles. The van der Waals surface area contributed by atoms with E-state index in [1.807, 2.05) is 16.7 Å². The van der Waals surface area contributed by atoms with Crippen molar-refractivity contribution in [3.63, 3.8) is 0 Å². The molecule has 100 valence electrons. The van der Waals surface area contributed by atoms with Crippen molar-refractivity contribution >= 4 is 11.7 Å². The third kappa shape index (κ3) is 2.76. The summed E-state index contributed by atoms with van der Waals surface area (Å²) in [6.45, 7) is 3.76. The predicted molar refractivity (Wildman–Crippen MR) is 73.5 cm³/mol. The van der Waals surface area contributed by atoms with E-state index in [-0.39, 0.29) is 0 Å². The van der Waals surface area contributed by atoms with Crippen molar-refractivity contribution in [3.8, 4) is 11.4 Å². The molecule has 0 aliphatic rings. The van der Waals surface area contributed by atoms with Crippen molar-refractivity contribution in [2.24, 2.45) is 5.41 Å². The quantitative estimate of drug-likeness (QED) is 0.825. The van der Waals surface area contributed by atoms with Gasteiger partial charge in [-0.2, -0.15) is 0 Å². The molecule has 2 rings (SSSR count). The van der Waals surface area contributed by atoms with E-state index in [4.69, 9.17) is 5.73 Å². The molecular weight excluding hydrogens is 242 g/mol. The van der Waals surface area contributed by atoms with E-state index in [1.165, 1.54) is 0 Å². The van der Waals surface area contributed by atoms with Crippen LogP contribution in [0.4, 0.5) is 5.69 Å². The molecule has 0 fully saturated rings. The smallest absolute Gasteiger partial charge is 0.310 e. The lowest BCUT2D eigenvalue weighted by Gasteiger charge is -2.21. The molecule has 1 aromatic heterocycles. The summed E-state index contributed by atoms with van der Waals surface area (Å²) in [5.74, 6) is -0.0845. The van der Waals surface area contributed by atoms with Crippen molar-refractivity contribution < 1.29 is 9.90 Å². The molecular formula is C14H17N3O2. The Morgan fingerprint density at radius 2 is 2.00 bits per heavy atom. The molecule has 0 saturated carbocycles. The number of aromatic nitrogens is 2. The van der Waals surface area contributed by atoms with Crippen LogP contribution in [0.25, 0.3) is 11.4 Å². The second-order valence-corrected chi connectivity index (χ2v) is 5.19. The first-order valence-electron chi connectivity index (χ1n) is 6.00. The zero-order chi connectivity index (χ0) is 14.0. The molecule has 3 N–H and O–H groups in total. The maximum Gasteiger partial charge on any atom is 0.310 e. The van der Waals surface area contributed by atoms with Crippen LogP contribution in [0.2, 0.25) is 0 Å². The van der Waals surface area contributed by atoms with E-state index in [9.17, 15) is 9.90 Å². The van der Waals surface area contributed by atoms with Crippen molar-refractivity contribution in [1.82, 2.24) is 9.55 Å². The van der Waals surface area contributed by atoms with Crippen LogP contribution < -0.4 is 5.73 Å². The van der Waals surface area contributed by atoms with Crippen molar-refractivity contribution in [2.45, 2.75) is 20.4 Å². The fraction of sp³-hybridized carbons (Fsp3) is 0.286. The van der Waals surface area contributed by atoms with Gasteiger partial charge in [-0.05, 0) is 38.1 Å². The molecule has 1 heterocycles. The number of hydrogen-bond acceptors (Lipinski definition) is 3. The number of hydrogen-bond donors (Lipinski definition) is 2. The maximum absolute atomic E-state index is 11.2. The average molecular weight is 259 g/mol. The highest BCUT2D eigenvalue weighted by Gasteiger charge is 2.28. The van der Waals surface area contributed by atoms with Crippen molar-refractivity contribution in [1.29, 1.82) is 0 Å². The van der Waals surface area contributed by atoms with Crippen LogP contribution in [0.5, 0.6) is 0 Å². The van der Waals surface area contributed by atoms with Crippen LogP contribution in [0.15, 0.2) is 36.7 Å². The van der Waals surface area contributed by atoms with Crippen LogP contribution in [0.1, 0.15) is 13.8 Å². The second kappa shape index (κ2) is 4.76. The highest BCUT2D eigenvalue weighted by Crippen LogP contribution is 2.24. The van der Waals surface area contributed by atoms with E-state index >= 15 is 0 Å². The Hall–Kier alpha value is -2.30. The summed E-state index contributed by atoms with van der Waals surface area (Å²) in [7, 11) is 0. The zero-order valence-corrected chi connectivity index (χ0v) is 11.0. The van der Waals surface area contributed by atoms with Gasteiger partial charge in [0.1, 0.15) is 5.82 Å². The topological polar surface area (TPSA) is 81.1 Å². The number of carboxylic acids is 1. The minimum absolute atomic E-state index is 0.363. The number of nitrogens with zero attached hydrogens (tertiary/aromatic N) is 2. The van der Waals surface area contributed by atoms with Crippen molar-refractivity contribution in [2.75, 3.05) is 5.73 Å². The SMILES string of the molecule is CC(C)(Cn1ccnc1-c1ccc(N)cc1)C(=O)O. The van der Waals surface area contributed by atoms with Gasteiger partial charge in [0.2, 0.25) is 0 Å². The molecule has 0 aliphatic carbocycles. The summed E-state index contributed by atoms with van der Waals surface area (Å²) < 4.78 is 1.85. The zero-order valence-electron chi connectivity index (χ0n) is 11.0. The Bertz CT molecular complexity index is 585. The minimum Gasteiger partial charge on any atom is -0.481 e. The summed E-state index contributed by atoms with van der Waals surface area (Å²) in [6, 6.07) is 7.36. The van der Waals surface area contributed by atoms with Gasteiger partial charge in [-0.25, -0.2) is 4.98 Å². The normalized spacial score (nSPS) is 11.5. The Morgan fingerprint density at radius 3 is 2.58 bits per heavy atom. The first-order valence-corrected chi connectivity index (χ1v) is 6.00. The molecule has 0 spiro atoms. The van der Waals surface area contributed by atoms with E-state index in [1.54, 1.807) is 38.4 Å². The summed E-state index contributed by atoms with van der Waals surface area (Å²) in [5, 5.41) is 9.19. The number of benzene rings is 1. The molecule has 0 saturated heterocycles. The molecule has 5 heteroatoms. The highest BCUT2D eigenvalue weighted by atomic mass is 16.4. The van der Waals surface area contributed by atoms with Gasteiger partial charge in [-0.3, -0.25) is 4.79 Å². The van der Waals surface area contributed by atoms with Gasteiger partial charge < -0.3 is 15.4 Å². The summed E-state index contributed by atoms with van der Waals surface area (Å²) in [5.41, 5.74) is 6.42. The van der Waals surface area contributed by atoms with E-state index in [2.05, 4.69) is 4.98 Å². The standard InChI is InChI=1S/C14H17N3O2/c1-14(2,13(18)19)9-17-8-7-16-12(17)10-3-5-11(15)6-4-10/h3-8H,9,15H2,1-2H3,(H,18,19). The van der Waals surface area contributed by atoms with E-state index in [0.717, 1.165) is 11.4 Å². The number of carbonyl (C=O) groups is 1. The number of nitrogens with two attached hydrogens (primary N) is 1. The maximum atomic E-state index is 11.2. The fourth-order valence-electron chi connectivity index (χ4n) is 1.82. The Balaban J connectivity index is 2.33. The molecule has 0 atom stereocenters. The fourth-order valence-corrected chi connectivity index (χ4v) is 1.82. The molecule has 0 amide bonds. The molecule has 5 nitrogen and oxygen atoms in total. The van der Waals surface area contributed by atoms with Gasteiger partial charge in [0.15, 0.2) is 0 Å². The van der Waals surface area contributed by atoms with Crippen LogP contribution in [-0.2, 0) is 11.3 Å². The molecule has 0 unspecified atom stereocenters. The molecule has 0 radical (unpaired) electrons. The van der Waals surface area contributed by atoms with Crippen LogP contribution in [0.3, 0.4) is 0 Å². The lowest BCUT2D eigenvalue weighted by Crippen LogP contribution is -2.29. The summed E-state index contributed by atoms with van der Waals surface area (Å²) in [4.78, 5) is 15.5. The predicted octanol–water partition coefficient (Wildman–Crippen LogP) is 2.24. The number of aliphatic carboxylic acids is 1. The molecule has 0 bridgehead atoms. The highest BCUT2D eigenvalue weighted by molar-refractivity contribution is 5.73. The molecule has 19 heavy (non-hydrogen) atoms. The van der Waals surface area contributed by atoms with Gasteiger partial charge in [-0.15, -0.1) is 0 Å². The minimum atomic E-state index is -0.844. The number of rotatable bonds is 4. The van der Waals surface area contributed by atoms with Crippen LogP contribution in [-0.4, -0.2) is 20.6 Å². The first-order chi connectivity index (χ1) is 8.90. The van der Waals surface area contributed by atoms with E-state index < -0.39 is 11.4 Å². The Kier molecular flexibility index (Phi) is 3.29. The van der Waals surface area contributed by atoms with Crippen molar-refractivity contribution in [3.05, 3.63) is 36.7 Å². The van der Waals surface area contributed by atoms with Gasteiger partial charge >= 0.3 is 5.97 Å². The average Bonchev–Trinajstić information content (AvgIpc) is 2.77. The monoisotopic (exact) mass is 259 g/mol. The van der Waals surface area contributed by atoms with Gasteiger partial charge in [-0.1, -0.05) is 0 Å². The third-order valence-corrected chi connectivity index (χ3v) is 3.03. The largest absolute Gasteiger partial charge is 0.481 e. The Labute approximate surface area is 111 Å². The second-order valence-electron chi connectivity index (χ2n) is 5.19. The number of imidazole rings is 1. The summed E-state index contributed by atoms with van der Waals surface area (Å²) in [6.07, 6.45) is 3.46. The van der Waals surface area contributed by atoms with Crippen LogP contribution in [0, 0.1) is 5.41 Å². The number of carboxylic acid groups (broad SMARTS) is 1. The van der Waals surface area contributed by atoms with E-state index in [0.29, 0.717) is 12.2 Å². The van der Waals surface area contributed by atoms with Gasteiger partial charge in [0.25, 0.3) is 0 Å². The lowest BCUT2D eigenvalue weighted by atomic mass is 9.93. The Morgan fingerprint density at radius 1 is 1.37 bits per heavy atom. The molecule has 1 aromatic carbocycles. The van der Waals surface area contributed by atoms with Crippen LogP contribution >= 0.6 is 0 Å². The summed E-state index contributed by atoms with van der Waals surface area (Å²) >= 11 is 0. The number of nitrogen functional groups attached to an aromatic ring is 1. The first kappa shape index (κ1) is 13.1. The third-order valence-electron chi connectivity index (χ3n) is 3.03. The number of anilines is 1. The van der Waals surface area contributed by atoms with Gasteiger partial charge in [0, 0.05) is 30.2 Å².